The predicted octanol–water partition coefficient (Wildman–Crippen LogP) is 2.60. The van der Waals surface area contributed by atoms with Gasteiger partial charge in [-0.15, -0.1) is 0 Å². The molecule has 9 nitrogen and oxygen atoms in total. The van der Waals surface area contributed by atoms with Crippen molar-refractivity contribution >= 4 is 45.5 Å². The van der Waals surface area contributed by atoms with Crippen molar-refractivity contribution in [2.24, 2.45) is 0 Å². The Kier molecular flexibility index (Phi) is 4.15. The fourth-order valence-electron chi connectivity index (χ4n) is 2.73. The molecule has 0 atom stereocenters. The lowest BCUT2D eigenvalue weighted by molar-refractivity contribution is -0.137. The topological polar surface area (TPSA) is 132 Å². The monoisotopic (exact) mass is 357 g/mol. The molecule has 2 aromatic heterocycles. The number of carboxylic acids is 1. The zero-order valence-corrected chi connectivity index (χ0v) is 14.6. The van der Waals surface area contributed by atoms with Crippen molar-refractivity contribution in [1.82, 2.24) is 14.5 Å². The van der Waals surface area contributed by atoms with Crippen LogP contribution in [0.4, 0.5) is 16.3 Å². The van der Waals surface area contributed by atoms with Crippen LogP contribution in [-0.2, 0) is 16.1 Å². The highest BCUT2D eigenvalue weighted by Gasteiger charge is 2.19. The van der Waals surface area contributed by atoms with Crippen LogP contribution in [0.5, 0.6) is 0 Å². The van der Waals surface area contributed by atoms with Gasteiger partial charge < -0.3 is 20.1 Å². The summed E-state index contributed by atoms with van der Waals surface area (Å²) in [6, 6.07) is 5.08. The summed E-state index contributed by atoms with van der Waals surface area (Å²) >= 11 is 0. The van der Waals surface area contributed by atoms with Crippen molar-refractivity contribution in [3.63, 3.8) is 0 Å². The van der Waals surface area contributed by atoms with Gasteiger partial charge in [0.1, 0.15) is 29.9 Å². The highest BCUT2D eigenvalue weighted by Crippen LogP contribution is 2.32. The van der Waals surface area contributed by atoms with E-state index in [-0.39, 0.29) is 12.4 Å². The second-order valence-electron chi connectivity index (χ2n) is 6.80. The fourth-order valence-corrected chi connectivity index (χ4v) is 2.73. The number of aromatic nitrogens is 3. The van der Waals surface area contributed by atoms with Crippen LogP contribution in [0.25, 0.3) is 21.9 Å². The number of carbonyl (C=O) groups excluding carboxylic acids is 1. The predicted molar refractivity (Wildman–Crippen MR) is 96.9 cm³/mol. The summed E-state index contributed by atoms with van der Waals surface area (Å²) in [7, 11) is 0. The van der Waals surface area contributed by atoms with E-state index >= 15 is 0 Å². The first-order valence-electron chi connectivity index (χ1n) is 7.90. The van der Waals surface area contributed by atoms with E-state index in [4.69, 9.17) is 10.5 Å². The first kappa shape index (κ1) is 17.5. The molecule has 0 aliphatic heterocycles. The zero-order chi connectivity index (χ0) is 19.1. The number of hydrogen-bond acceptors (Lipinski definition) is 6. The summed E-state index contributed by atoms with van der Waals surface area (Å²) in [6.45, 7) is 5.00. The van der Waals surface area contributed by atoms with Crippen LogP contribution in [0.15, 0.2) is 24.5 Å². The third-order valence-corrected chi connectivity index (χ3v) is 3.61. The minimum absolute atomic E-state index is 0.261. The summed E-state index contributed by atoms with van der Waals surface area (Å²) < 4.78 is 6.75. The molecule has 0 unspecified atom stereocenters. The summed E-state index contributed by atoms with van der Waals surface area (Å²) in [5.41, 5.74) is 6.78. The van der Waals surface area contributed by atoms with Crippen molar-refractivity contribution < 1.29 is 19.4 Å². The first-order valence-corrected chi connectivity index (χ1v) is 7.90. The minimum Gasteiger partial charge on any atom is -0.480 e. The third-order valence-electron chi connectivity index (χ3n) is 3.61. The molecule has 0 aliphatic carbocycles. The number of ether oxygens (including phenoxy) is 1. The Morgan fingerprint density at radius 1 is 1.31 bits per heavy atom. The number of nitrogen functional groups attached to an aromatic ring is 1. The molecule has 0 bridgehead atoms. The maximum absolute atomic E-state index is 12.0. The third kappa shape index (κ3) is 3.37. The maximum atomic E-state index is 12.0. The van der Waals surface area contributed by atoms with Gasteiger partial charge in [-0.05, 0) is 39.0 Å². The number of carbonyl (C=O) groups is 2. The van der Waals surface area contributed by atoms with Crippen LogP contribution in [0, 0.1) is 0 Å². The lowest BCUT2D eigenvalue weighted by Gasteiger charge is -2.19. The molecule has 2 heterocycles. The van der Waals surface area contributed by atoms with E-state index in [1.807, 2.05) is 0 Å². The summed E-state index contributed by atoms with van der Waals surface area (Å²) in [4.78, 5) is 31.4. The van der Waals surface area contributed by atoms with Crippen molar-refractivity contribution in [3.8, 4) is 0 Å². The molecule has 1 aromatic carbocycles. The molecular weight excluding hydrogens is 338 g/mol. The molecule has 0 fully saturated rings. The number of nitrogens with two attached hydrogens (primary N) is 1. The van der Waals surface area contributed by atoms with Gasteiger partial charge in [0.05, 0.1) is 10.9 Å². The molecule has 0 saturated heterocycles. The Bertz CT molecular complexity index is 1020. The van der Waals surface area contributed by atoms with E-state index in [2.05, 4.69) is 15.3 Å². The van der Waals surface area contributed by atoms with Crippen LogP contribution in [0.1, 0.15) is 20.8 Å². The Labute approximate surface area is 148 Å². The lowest BCUT2D eigenvalue weighted by Crippen LogP contribution is -2.27. The highest BCUT2D eigenvalue weighted by atomic mass is 16.6. The molecule has 3 aromatic rings. The van der Waals surface area contributed by atoms with Gasteiger partial charge >= 0.3 is 12.1 Å². The molecule has 0 spiro atoms. The van der Waals surface area contributed by atoms with Crippen LogP contribution < -0.4 is 11.1 Å². The van der Waals surface area contributed by atoms with E-state index in [0.717, 1.165) is 0 Å². The Balaban J connectivity index is 2.11. The van der Waals surface area contributed by atoms with Crippen molar-refractivity contribution in [3.05, 3.63) is 24.5 Å². The van der Waals surface area contributed by atoms with E-state index < -0.39 is 17.7 Å². The van der Waals surface area contributed by atoms with Crippen LogP contribution in [0.3, 0.4) is 0 Å². The van der Waals surface area contributed by atoms with Crippen molar-refractivity contribution in [1.29, 1.82) is 0 Å². The second-order valence-corrected chi connectivity index (χ2v) is 6.80. The van der Waals surface area contributed by atoms with Gasteiger partial charge in [0.25, 0.3) is 0 Å². The smallest absolute Gasteiger partial charge is 0.412 e. The van der Waals surface area contributed by atoms with E-state index in [0.29, 0.717) is 27.6 Å². The fraction of sp³-hybridized carbons (Fsp3) is 0.294. The van der Waals surface area contributed by atoms with Gasteiger partial charge in [-0.2, -0.15) is 0 Å². The molecule has 0 radical (unpaired) electrons. The number of rotatable bonds is 3. The lowest BCUT2D eigenvalue weighted by atomic mass is 10.2. The number of nitrogens with one attached hydrogen (secondary N) is 1. The molecule has 9 heteroatoms. The number of carboxylic acid groups (broad SMARTS) is 1. The number of benzene rings is 1. The van der Waals surface area contributed by atoms with Gasteiger partial charge in [0, 0.05) is 11.1 Å². The molecule has 1 amide bonds. The summed E-state index contributed by atoms with van der Waals surface area (Å²) in [5.74, 6) is -0.761. The molecule has 26 heavy (non-hydrogen) atoms. The van der Waals surface area contributed by atoms with E-state index in [1.54, 1.807) is 39.0 Å². The Morgan fingerprint density at radius 2 is 2.04 bits per heavy atom. The van der Waals surface area contributed by atoms with Crippen LogP contribution in [0.2, 0.25) is 0 Å². The maximum Gasteiger partial charge on any atom is 0.412 e. The first-order chi connectivity index (χ1) is 12.2. The molecule has 0 saturated carbocycles. The number of amides is 1. The molecule has 4 N–H and O–H groups in total. The number of anilines is 2. The standard InChI is InChI=1S/C17H19N5O4/c1-17(2,3)26-16(25)21-9-4-5-10-11(6-9)22(7-12(23)24)15-13(10)14(18)19-8-20-15/h4-6,8H,7H2,1-3H3,(H,21,25)(H,23,24)(H2,18,19,20). The normalized spacial score (nSPS) is 11.7. The van der Waals surface area contributed by atoms with Gasteiger partial charge in [-0.25, -0.2) is 14.8 Å². The van der Waals surface area contributed by atoms with Crippen LogP contribution in [-0.4, -0.2) is 37.3 Å². The Hall–Kier alpha value is -3.36. The average Bonchev–Trinajstić information content (AvgIpc) is 2.80. The van der Waals surface area contributed by atoms with E-state index in [9.17, 15) is 14.7 Å². The average molecular weight is 357 g/mol. The molecular formula is C17H19N5O4. The van der Waals surface area contributed by atoms with Gasteiger partial charge in [-0.1, -0.05) is 0 Å². The number of fused-ring (bicyclic) bond motifs is 3. The van der Waals surface area contributed by atoms with Gasteiger partial charge in [0.2, 0.25) is 0 Å². The summed E-state index contributed by atoms with van der Waals surface area (Å²) in [6.07, 6.45) is 0.687. The van der Waals surface area contributed by atoms with Crippen LogP contribution >= 0.6 is 0 Å². The van der Waals surface area contributed by atoms with E-state index in [1.165, 1.54) is 10.9 Å². The van der Waals surface area contributed by atoms with Crippen molar-refractivity contribution in [2.75, 3.05) is 11.1 Å². The SMILES string of the molecule is CC(C)(C)OC(=O)Nc1ccc2c3c(N)ncnc3n(CC(=O)O)c2c1. The minimum atomic E-state index is -1.02. The quantitative estimate of drug-likeness (QED) is 0.656. The molecule has 0 aliphatic rings. The van der Waals surface area contributed by atoms with Crippen molar-refractivity contribution in [2.45, 2.75) is 32.9 Å². The Morgan fingerprint density at radius 3 is 2.69 bits per heavy atom. The summed E-state index contributed by atoms with van der Waals surface area (Å²) in [5, 5.41) is 13.2. The van der Waals surface area contributed by atoms with Gasteiger partial charge in [0.15, 0.2) is 0 Å². The highest BCUT2D eigenvalue weighted by molar-refractivity contribution is 6.12. The molecule has 136 valence electrons. The largest absolute Gasteiger partial charge is 0.480 e. The van der Waals surface area contributed by atoms with Gasteiger partial charge in [-0.3, -0.25) is 10.1 Å². The number of nitrogens with zero attached hydrogens (tertiary/aromatic N) is 3. The molecule has 3 rings (SSSR count). The second kappa shape index (κ2) is 6.17. The zero-order valence-electron chi connectivity index (χ0n) is 14.6. The number of hydrogen-bond donors (Lipinski definition) is 3. The number of aliphatic carboxylic acids is 1.